The summed E-state index contributed by atoms with van der Waals surface area (Å²) in [5.41, 5.74) is 3.85. The molecule has 0 saturated heterocycles. The van der Waals surface area contributed by atoms with Crippen LogP contribution in [0.1, 0.15) is 42.7 Å². The van der Waals surface area contributed by atoms with Gasteiger partial charge in [-0.1, -0.05) is 26.0 Å². The van der Waals surface area contributed by atoms with Crippen LogP contribution in [0.2, 0.25) is 0 Å². The molecule has 0 fully saturated rings. The van der Waals surface area contributed by atoms with Crippen LogP contribution in [0.4, 0.5) is 10.3 Å². The van der Waals surface area contributed by atoms with Crippen molar-refractivity contribution in [3.05, 3.63) is 78.0 Å². The molecule has 5 aromatic rings. The van der Waals surface area contributed by atoms with Gasteiger partial charge in [0.15, 0.2) is 5.65 Å². The van der Waals surface area contributed by atoms with Gasteiger partial charge in [-0.2, -0.15) is 4.98 Å². The number of H-pyrrole nitrogens is 1. The summed E-state index contributed by atoms with van der Waals surface area (Å²) in [6.07, 6.45) is 5.07. The lowest BCUT2D eigenvalue weighted by Crippen LogP contribution is -2.26. The second kappa shape index (κ2) is 9.21. The van der Waals surface area contributed by atoms with E-state index in [1.54, 1.807) is 56.0 Å². The maximum Gasteiger partial charge on any atom is 0.253 e. The van der Waals surface area contributed by atoms with Crippen molar-refractivity contribution in [1.82, 2.24) is 29.9 Å². The number of nitrogens with one attached hydrogen (secondary N) is 3. The van der Waals surface area contributed by atoms with Gasteiger partial charge in [-0.3, -0.25) is 14.9 Å². The van der Waals surface area contributed by atoms with E-state index in [2.05, 4.69) is 30.7 Å². The number of benzene rings is 1. The van der Waals surface area contributed by atoms with Gasteiger partial charge >= 0.3 is 0 Å². The third-order valence-electron chi connectivity index (χ3n) is 5.90. The van der Waals surface area contributed by atoms with Gasteiger partial charge in [0.25, 0.3) is 5.91 Å². The minimum absolute atomic E-state index is 0.161. The lowest BCUT2D eigenvalue weighted by molar-refractivity contribution is -0.118. The number of hydrogen-bond acceptors (Lipinski definition) is 5. The second-order valence-corrected chi connectivity index (χ2v) is 8.87. The number of fused-ring (bicyclic) bond motifs is 2. The highest BCUT2D eigenvalue weighted by Gasteiger charge is 2.17. The molecule has 4 aromatic heterocycles. The average molecular weight is 486 g/mol. The molecule has 3 N–H and O–H groups in total. The Morgan fingerprint density at radius 1 is 1.08 bits per heavy atom. The molecule has 9 nitrogen and oxygen atoms in total. The predicted molar refractivity (Wildman–Crippen MR) is 134 cm³/mol. The fourth-order valence-electron chi connectivity index (χ4n) is 3.85. The number of rotatable bonds is 6. The van der Waals surface area contributed by atoms with Crippen LogP contribution in [0.5, 0.6) is 0 Å². The van der Waals surface area contributed by atoms with Crippen molar-refractivity contribution in [1.29, 1.82) is 0 Å². The Bertz CT molecular complexity index is 1600. The summed E-state index contributed by atoms with van der Waals surface area (Å²) in [7, 11) is 0. The molecule has 0 aliphatic carbocycles. The molecule has 0 spiro atoms. The highest BCUT2D eigenvalue weighted by atomic mass is 19.1. The molecule has 10 heteroatoms. The van der Waals surface area contributed by atoms with Gasteiger partial charge in [0, 0.05) is 35.5 Å². The van der Waals surface area contributed by atoms with Crippen LogP contribution in [0, 0.1) is 11.7 Å². The van der Waals surface area contributed by atoms with Crippen molar-refractivity contribution in [2.45, 2.75) is 26.8 Å². The largest absolute Gasteiger partial charge is 0.345 e. The highest BCUT2D eigenvalue weighted by molar-refractivity contribution is 6.06. The van der Waals surface area contributed by atoms with E-state index >= 15 is 0 Å². The van der Waals surface area contributed by atoms with E-state index in [1.807, 2.05) is 18.2 Å². The third-order valence-corrected chi connectivity index (χ3v) is 5.90. The summed E-state index contributed by atoms with van der Waals surface area (Å²) in [5.74, 6) is -0.763. The molecule has 0 radical (unpaired) electrons. The maximum atomic E-state index is 13.6. The Hall–Kier alpha value is -4.60. The second-order valence-electron chi connectivity index (χ2n) is 8.87. The molecule has 0 bridgehead atoms. The van der Waals surface area contributed by atoms with E-state index in [0.717, 1.165) is 11.1 Å². The van der Waals surface area contributed by atoms with Crippen molar-refractivity contribution >= 4 is 34.4 Å². The van der Waals surface area contributed by atoms with Crippen LogP contribution in [-0.2, 0) is 4.79 Å². The van der Waals surface area contributed by atoms with Crippen molar-refractivity contribution in [3.8, 4) is 11.1 Å². The average Bonchev–Trinajstić information content (AvgIpc) is 3.46. The van der Waals surface area contributed by atoms with E-state index in [0.29, 0.717) is 27.8 Å². The molecule has 2 amide bonds. The maximum absolute atomic E-state index is 13.6. The quantitative estimate of drug-likeness (QED) is 0.327. The van der Waals surface area contributed by atoms with Gasteiger partial charge < -0.3 is 10.3 Å². The van der Waals surface area contributed by atoms with E-state index in [4.69, 9.17) is 0 Å². The van der Waals surface area contributed by atoms with Crippen molar-refractivity contribution in [2.75, 3.05) is 5.32 Å². The SMILES string of the molecule is CC(C)C(=O)Nc1nc2cc(-c3cnc4[nH]cc(C(=O)N[C@@H](C)c5cccc(F)c5)c4c3)ccn2n1. The van der Waals surface area contributed by atoms with Crippen molar-refractivity contribution in [2.24, 2.45) is 5.92 Å². The number of pyridine rings is 2. The minimum atomic E-state index is -0.380. The molecule has 1 aromatic carbocycles. The molecule has 5 rings (SSSR count). The summed E-state index contributed by atoms with van der Waals surface area (Å²) < 4.78 is 15.2. The first-order chi connectivity index (χ1) is 17.3. The van der Waals surface area contributed by atoms with Gasteiger partial charge in [-0.05, 0) is 48.4 Å². The Morgan fingerprint density at radius 3 is 2.69 bits per heavy atom. The van der Waals surface area contributed by atoms with Crippen LogP contribution in [-0.4, -0.2) is 36.4 Å². The number of aromatic amines is 1. The van der Waals surface area contributed by atoms with Gasteiger partial charge in [0.1, 0.15) is 11.5 Å². The number of carbonyl (C=O) groups is 2. The fourth-order valence-corrected chi connectivity index (χ4v) is 3.85. The number of amides is 2. The molecular weight excluding hydrogens is 461 g/mol. The number of aromatic nitrogens is 5. The summed E-state index contributed by atoms with van der Waals surface area (Å²) in [6.45, 7) is 5.39. The highest BCUT2D eigenvalue weighted by Crippen LogP contribution is 2.26. The number of halogens is 1. The predicted octanol–water partition coefficient (Wildman–Crippen LogP) is 4.50. The molecule has 36 heavy (non-hydrogen) atoms. The molecule has 4 heterocycles. The fraction of sp³-hybridized carbons (Fsp3) is 0.192. The Balaban J connectivity index is 1.42. The van der Waals surface area contributed by atoms with Crippen LogP contribution in [0.15, 0.2) is 61.1 Å². The van der Waals surface area contributed by atoms with Gasteiger partial charge in [-0.15, -0.1) is 5.10 Å². The first kappa shape index (κ1) is 23.2. The minimum Gasteiger partial charge on any atom is -0.345 e. The van der Waals surface area contributed by atoms with E-state index < -0.39 is 0 Å². The monoisotopic (exact) mass is 485 g/mol. The normalized spacial score (nSPS) is 12.2. The molecule has 0 aliphatic heterocycles. The molecular formula is C26H24FN7O2. The van der Waals surface area contributed by atoms with E-state index in [-0.39, 0.29) is 35.5 Å². The molecule has 1 atom stereocenters. The molecule has 0 saturated carbocycles. The Labute approximate surface area is 205 Å². The smallest absolute Gasteiger partial charge is 0.253 e. The zero-order chi connectivity index (χ0) is 25.4. The van der Waals surface area contributed by atoms with Gasteiger partial charge in [0.05, 0.1) is 11.6 Å². The topological polar surface area (TPSA) is 117 Å². The van der Waals surface area contributed by atoms with Crippen molar-refractivity contribution < 1.29 is 14.0 Å². The van der Waals surface area contributed by atoms with Crippen molar-refractivity contribution in [3.63, 3.8) is 0 Å². The molecule has 0 unspecified atom stereocenters. The zero-order valence-corrected chi connectivity index (χ0v) is 19.9. The van der Waals surface area contributed by atoms with E-state index in [1.165, 1.54) is 12.1 Å². The summed E-state index contributed by atoms with van der Waals surface area (Å²) >= 11 is 0. The lowest BCUT2D eigenvalue weighted by Gasteiger charge is -2.14. The zero-order valence-electron chi connectivity index (χ0n) is 19.9. The van der Waals surface area contributed by atoms with Gasteiger partial charge in [0.2, 0.25) is 11.9 Å². The molecule has 182 valence electrons. The Kier molecular flexibility index (Phi) is 5.93. The standard InChI is InChI=1S/C26H24FN7O2/c1-14(2)24(35)32-26-31-22-11-17(7-8-34(22)33-26)18-10-20-21(13-29-23(20)28-12-18)25(36)30-15(3)16-5-4-6-19(27)9-16/h4-15H,1-3H3,(H,28,29)(H,30,36)(H,32,33,35)/t15-/m0/s1. The lowest BCUT2D eigenvalue weighted by atomic mass is 10.1. The molecule has 0 aliphatic rings. The van der Waals surface area contributed by atoms with Crippen LogP contribution < -0.4 is 10.6 Å². The van der Waals surface area contributed by atoms with Crippen LogP contribution in [0.3, 0.4) is 0 Å². The first-order valence-corrected chi connectivity index (χ1v) is 11.5. The summed E-state index contributed by atoms with van der Waals surface area (Å²) in [5, 5.41) is 10.6. The van der Waals surface area contributed by atoms with Crippen LogP contribution >= 0.6 is 0 Å². The van der Waals surface area contributed by atoms with Gasteiger partial charge in [-0.25, -0.2) is 13.9 Å². The Morgan fingerprint density at radius 2 is 1.92 bits per heavy atom. The number of nitrogens with zero attached hydrogens (tertiary/aromatic N) is 4. The first-order valence-electron chi connectivity index (χ1n) is 11.5. The number of anilines is 1. The summed E-state index contributed by atoms with van der Waals surface area (Å²) in [4.78, 5) is 36.9. The van der Waals surface area contributed by atoms with Crippen LogP contribution in [0.25, 0.3) is 27.8 Å². The number of hydrogen-bond donors (Lipinski definition) is 3. The third kappa shape index (κ3) is 4.52. The summed E-state index contributed by atoms with van der Waals surface area (Å²) in [6, 6.07) is 11.3. The number of carbonyl (C=O) groups excluding carboxylic acids is 2. The van der Waals surface area contributed by atoms with E-state index in [9.17, 15) is 14.0 Å².